The van der Waals surface area contributed by atoms with Crippen LogP contribution in [0.2, 0.25) is 0 Å². The van der Waals surface area contributed by atoms with Gasteiger partial charge < -0.3 is 0 Å². The first-order chi connectivity index (χ1) is 8.73. The monoisotopic (exact) mass is 281 g/mol. The van der Waals surface area contributed by atoms with Gasteiger partial charge in [-0.1, -0.05) is 32.9 Å². The molecule has 1 fully saturated rings. The van der Waals surface area contributed by atoms with Gasteiger partial charge in [-0.25, -0.2) is 8.42 Å². The van der Waals surface area contributed by atoms with Crippen molar-refractivity contribution in [3.05, 3.63) is 29.3 Å². The van der Waals surface area contributed by atoms with Crippen LogP contribution in [0.3, 0.4) is 0 Å². The van der Waals surface area contributed by atoms with Gasteiger partial charge in [-0.15, -0.1) is 0 Å². The molecule has 0 bridgehead atoms. The van der Waals surface area contributed by atoms with E-state index in [1.165, 1.54) is 18.4 Å². The summed E-state index contributed by atoms with van der Waals surface area (Å²) in [5.41, 5.74) is 2.97. The molecule has 1 saturated carbocycles. The first-order valence-electron chi connectivity index (χ1n) is 6.88. The number of benzene rings is 1. The van der Waals surface area contributed by atoms with E-state index in [2.05, 4.69) is 37.6 Å². The highest BCUT2D eigenvalue weighted by molar-refractivity contribution is 7.92. The van der Waals surface area contributed by atoms with Crippen LogP contribution in [-0.2, 0) is 15.4 Å². The van der Waals surface area contributed by atoms with Gasteiger partial charge in [-0.2, -0.15) is 0 Å². The number of sulfonamides is 1. The van der Waals surface area contributed by atoms with Crippen LogP contribution in [0.5, 0.6) is 0 Å². The number of rotatable bonds is 4. The molecule has 1 aliphatic carbocycles. The third-order valence-electron chi connectivity index (χ3n) is 3.55. The summed E-state index contributed by atoms with van der Waals surface area (Å²) in [6.45, 7) is 7.96. The maximum absolute atomic E-state index is 11.8. The molecular weight excluding hydrogens is 258 g/mol. The highest BCUT2D eigenvalue weighted by Gasteiger charge is 2.26. The van der Waals surface area contributed by atoms with Crippen LogP contribution >= 0.6 is 0 Å². The van der Waals surface area contributed by atoms with Gasteiger partial charge in [0, 0.05) is 0 Å². The van der Waals surface area contributed by atoms with Crippen LogP contribution in [0, 0.1) is 0 Å². The molecule has 4 heteroatoms. The Kier molecular flexibility index (Phi) is 3.65. The smallest absolute Gasteiger partial charge is 0.232 e. The summed E-state index contributed by atoms with van der Waals surface area (Å²) in [5.74, 6) is 0.725. The minimum absolute atomic E-state index is 0.0757. The molecule has 1 aromatic carbocycles. The molecule has 0 aromatic heterocycles. The second-order valence-corrected chi connectivity index (χ2v) is 8.35. The van der Waals surface area contributed by atoms with E-state index in [0.29, 0.717) is 5.92 Å². The molecule has 19 heavy (non-hydrogen) atoms. The van der Waals surface area contributed by atoms with E-state index in [0.717, 1.165) is 11.3 Å². The van der Waals surface area contributed by atoms with E-state index >= 15 is 0 Å². The molecule has 0 radical (unpaired) electrons. The van der Waals surface area contributed by atoms with Crippen LogP contribution < -0.4 is 4.72 Å². The molecule has 0 saturated heterocycles. The lowest BCUT2D eigenvalue weighted by Crippen LogP contribution is -2.20. The van der Waals surface area contributed by atoms with Gasteiger partial charge in [-0.05, 0) is 48.3 Å². The van der Waals surface area contributed by atoms with E-state index in [1.54, 1.807) is 6.92 Å². The summed E-state index contributed by atoms with van der Waals surface area (Å²) < 4.78 is 26.4. The highest BCUT2D eigenvalue weighted by atomic mass is 32.2. The van der Waals surface area contributed by atoms with Gasteiger partial charge in [0.1, 0.15) is 0 Å². The number of anilines is 1. The third kappa shape index (κ3) is 3.50. The molecule has 1 aliphatic rings. The fraction of sp³-hybridized carbons (Fsp3) is 0.600. The fourth-order valence-electron chi connectivity index (χ4n) is 2.21. The zero-order valence-electron chi connectivity index (χ0n) is 12.2. The molecule has 0 atom stereocenters. The Morgan fingerprint density at radius 1 is 1.26 bits per heavy atom. The van der Waals surface area contributed by atoms with Crippen LogP contribution in [0.4, 0.5) is 5.69 Å². The van der Waals surface area contributed by atoms with Crippen molar-refractivity contribution in [1.29, 1.82) is 0 Å². The third-order valence-corrected chi connectivity index (χ3v) is 4.84. The Morgan fingerprint density at radius 3 is 2.37 bits per heavy atom. The van der Waals surface area contributed by atoms with Gasteiger partial charge in [0.2, 0.25) is 10.0 Å². The summed E-state index contributed by atoms with van der Waals surface area (Å²) in [5, 5.41) is 0. The van der Waals surface area contributed by atoms with Crippen LogP contribution in [0.25, 0.3) is 0 Å². The van der Waals surface area contributed by atoms with Crippen LogP contribution in [0.1, 0.15) is 57.6 Å². The molecule has 0 amide bonds. The topological polar surface area (TPSA) is 46.2 Å². The van der Waals surface area contributed by atoms with E-state index in [-0.39, 0.29) is 11.2 Å². The molecule has 1 aromatic rings. The lowest BCUT2D eigenvalue weighted by Gasteiger charge is -2.24. The summed E-state index contributed by atoms with van der Waals surface area (Å²) in [6.07, 6.45) is 2.43. The van der Waals surface area contributed by atoms with Crippen LogP contribution in [-0.4, -0.2) is 14.2 Å². The Morgan fingerprint density at radius 2 is 1.89 bits per heavy atom. The summed E-state index contributed by atoms with van der Waals surface area (Å²) in [6, 6.07) is 6.23. The van der Waals surface area contributed by atoms with Gasteiger partial charge in [0.25, 0.3) is 0 Å². The average Bonchev–Trinajstić information content (AvgIpc) is 3.10. The van der Waals surface area contributed by atoms with Gasteiger partial charge in [0.15, 0.2) is 0 Å². The van der Waals surface area contributed by atoms with Crippen molar-refractivity contribution < 1.29 is 8.42 Å². The largest absolute Gasteiger partial charge is 0.283 e. The Hall–Kier alpha value is -1.03. The van der Waals surface area contributed by atoms with Crippen molar-refractivity contribution in [3.8, 4) is 0 Å². The molecule has 106 valence electrons. The van der Waals surface area contributed by atoms with Gasteiger partial charge in [0.05, 0.1) is 11.4 Å². The molecule has 0 spiro atoms. The van der Waals surface area contributed by atoms with Gasteiger partial charge >= 0.3 is 0 Å². The van der Waals surface area contributed by atoms with Crippen molar-refractivity contribution in [3.63, 3.8) is 0 Å². The normalized spacial score (nSPS) is 16.4. The second kappa shape index (κ2) is 4.82. The maximum atomic E-state index is 11.8. The highest BCUT2D eigenvalue weighted by Crippen LogP contribution is 2.42. The molecule has 3 nitrogen and oxygen atoms in total. The Labute approximate surface area is 116 Å². The van der Waals surface area contributed by atoms with Crippen molar-refractivity contribution in [2.75, 3.05) is 10.5 Å². The second-order valence-electron chi connectivity index (χ2n) is 6.33. The number of hydrogen-bond donors (Lipinski definition) is 1. The predicted molar refractivity (Wildman–Crippen MR) is 80.2 cm³/mol. The first kappa shape index (κ1) is 14.4. The molecule has 0 aliphatic heterocycles. The molecular formula is C15H23NO2S. The Balaban J connectivity index is 2.44. The van der Waals surface area contributed by atoms with Crippen molar-refractivity contribution >= 4 is 15.7 Å². The molecule has 0 heterocycles. The quantitative estimate of drug-likeness (QED) is 0.916. The Bertz CT molecular complexity index is 566. The minimum Gasteiger partial charge on any atom is -0.283 e. The van der Waals surface area contributed by atoms with E-state index in [1.807, 2.05) is 6.07 Å². The lowest BCUT2D eigenvalue weighted by atomic mass is 9.85. The standard InChI is InChI=1S/C15H23NO2S/c1-5-19(17,18)16-14-10-12(11-6-7-11)8-9-13(14)15(2,3)4/h8-11,16H,5-7H2,1-4H3. The predicted octanol–water partition coefficient (Wildman–Crippen LogP) is 3.62. The average molecular weight is 281 g/mol. The number of nitrogens with one attached hydrogen (secondary N) is 1. The van der Waals surface area contributed by atoms with Crippen molar-refractivity contribution in [2.24, 2.45) is 0 Å². The van der Waals surface area contributed by atoms with Crippen molar-refractivity contribution in [1.82, 2.24) is 0 Å². The number of hydrogen-bond acceptors (Lipinski definition) is 2. The first-order valence-corrected chi connectivity index (χ1v) is 8.53. The SMILES string of the molecule is CCS(=O)(=O)Nc1cc(C2CC2)ccc1C(C)(C)C. The minimum atomic E-state index is -3.23. The maximum Gasteiger partial charge on any atom is 0.232 e. The summed E-state index contributed by atoms with van der Waals surface area (Å²) >= 11 is 0. The fourth-order valence-corrected chi connectivity index (χ4v) is 2.86. The van der Waals surface area contributed by atoms with Crippen molar-refractivity contribution in [2.45, 2.75) is 51.9 Å². The van der Waals surface area contributed by atoms with E-state index < -0.39 is 10.0 Å². The lowest BCUT2D eigenvalue weighted by molar-refractivity contribution is 0.590. The zero-order chi connectivity index (χ0) is 14.3. The molecule has 0 unspecified atom stereocenters. The summed E-state index contributed by atoms with van der Waals surface area (Å²) in [7, 11) is -3.23. The zero-order valence-corrected chi connectivity index (χ0v) is 13.0. The summed E-state index contributed by atoms with van der Waals surface area (Å²) in [4.78, 5) is 0. The van der Waals surface area contributed by atoms with Gasteiger partial charge in [-0.3, -0.25) is 4.72 Å². The van der Waals surface area contributed by atoms with Crippen LogP contribution in [0.15, 0.2) is 18.2 Å². The van der Waals surface area contributed by atoms with E-state index in [4.69, 9.17) is 0 Å². The molecule has 2 rings (SSSR count). The van der Waals surface area contributed by atoms with E-state index in [9.17, 15) is 8.42 Å². The molecule has 1 N–H and O–H groups in total.